The molecular weight excluding hydrogens is 125 g/mol. The SMILES string of the molecule is FC1CNC(CS)C1. The van der Waals surface area contributed by atoms with Gasteiger partial charge in [-0.3, -0.25) is 0 Å². The third-order valence-electron chi connectivity index (χ3n) is 1.39. The molecule has 0 aliphatic carbocycles. The largest absolute Gasteiger partial charge is 0.310 e. The van der Waals surface area contributed by atoms with Crippen LogP contribution in [0.3, 0.4) is 0 Å². The number of halogens is 1. The third kappa shape index (κ3) is 1.36. The fourth-order valence-electron chi connectivity index (χ4n) is 0.909. The molecule has 1 N–H and O–H groups in total. The van der Waals surface area contributed by atoms with E-state index in [1.807, 2.05) is 0 Å². The van der Waals surface area contributed by atoms with Crippen LogP contribution in [0.1, 0.15) is 6.42 Å². The normalized spacial score (nSPS) is 38.2. The molecule has 0 aromatic carbocycles. The molecule has 0 bridgehead atoms. The zero-order valence-corrected chi connectivity index (χ0v) is 5.50. The molecule has 1 nitrogen and oxygen atoms in total. The van der Waals surface area contributed by atoms with Crippen LogP contribution in [0.15, 0.2) is 0 Å². The highest BCUT2D eigenvalue weighted by atomic mass is 32.1. The Morgan fingerprint density at radius 1 is 1.75 bits per heavy atom. The molecule has 0 saturated carbocycles. The van der Waals surface area contributed by atoms with Crippen molar-refractivity contribution in [3.63, 3.8) is 0 Å². The van der Waals surface area contributed by atoms with E-state index in [2.05, 4.69) is 17.9 Å². The molecule has 1 aliphatic heterocycles. The molecule has 48 valence electrons. The van der Waals surface area contributed by atoms with Gasteiger partial charge in [-0.05, 0) is 6.42 Å². The van der Waals surface area contributed by atoms with Gasteiger partial charge >= 0.3 is 0 Å². The fourth-order valence-corrected chi connectivity index (χ4v) is 1.19. The summed E-state index contributed by atoms with van der Waals surface area (Å²) in [5.41, 5.74) is 0. The molecule has 3 heteroatoms. The Labute approximate surface area is 54.1 Å². The first-order valence-corrected chi connectivity index (χ1v) is 3.44. The van der Waals surface area contributed by atoms with E-state index in [4.69, 9.17) is 0 Å². The minimum absolute atomic E-state index is 0.313. The summed E-state index contributed by atoms with van der Waals surface area (Å²) < 4.78 is 12.3. The second-order valence-corrected chi connectivity index (χ2v) is 2.49. The minimum Gasteiger partial charge on any atom is -0.310 e. The van der Waals surface area contributed by atoms with Gasteiger partial charge in [0.1, 0.15) is 6.17 Å². The quantitative estimate of drug-likeness (QED) is 0.502. The lowest BCUT2D eigenvalue weighted by molar-refractivity contribution is 0.357. The van der Waals surface area contributed by atoms with E-state index in [-0.39, 0.29) is 0 Å². The van der Waals surface area contributed by atoms with E-state index in [1.165, 1.54) is 0 Å². The summed E-state index contributed by atoms with van der Waals surface area (Å²) in [6.45, 7) is 0.519. The van der Waals surface area contributed by atoms with Crippen molar-refractivity contribution < 1.29 is 4.39 Å². The van der Waals surface area contributed by atoms with Crippen molar-refractivity contribution in [1.29, 1.82) is 0 Å². The molecule has 0 aromatic rings. The highest BCUT2D eigenvalue weighted by molar-refractivity contribution is 7.80. The second-order valence-electron chi connectivity index (χ2n) is 2.12. The number of rotatable bonds is 1. The van der Waals surface area contributed by atoms with Gasteiger partial charge in [-0.25, -0.2) is 4.39 Å². The van der Waals surface area contributed by atoms with Gasteiger partial charge in [0, 0.05) is 18.3 Å². The standard InChI is InChI=1S/C5H10FNS/c6-4-1-5(3-8)7-2-4/h4-5,7-8H,1-3H2. The van der Waals surface area contributed by atoms with Crippen LogP contribution in [0.4, 0.5) is 4.39 Å². The van der Waals surface area contributed by atoms with Gasteiger partial charge < -0.3 is 5.32 Å². The molecule has 8 heavy (non-hydrogen) atoms. The van der Waals surface area contributed by atoms with Crippen molar-refractivity contribution in [3.05, 3.63) is 0 Å². The van der Waals surface area contributed by atoms with E-state index in [0.717, 1.165) is 5.75 Å². The summed E-state index contributed by atoms with van der Waals surface area (Å²) in [5.74, 6) is 0.750. The summed E-state index contributed by atoms with van der Waals surface area (Å²) in [5, 5.41) is 3.00. The predicted octanol–water partition coefficient (Wildman–Crippen LogP) is 0.616. The summed E-state index contributed by atoms with van der Waals surface area (Å²) in [6, 6.07) is 0.313. The number of nitrogens with one attached hydrogen (secondary N) is 1. The van der Waals surface area contributed by atoms with Crippen LogP contribution in [-0.4, -0.2) is 24.5 Å². The van der Waals surface area contributed by atoms with E-state index in [1.54, 1.807) is 0 Å². The maximum atomic E-state index is 12.3. The predicted molar refractivity (Wildman–Crippen MR) is 35.2 cm³/mol. The van der Waals surface area contributed by atoms with Crippen molar-refractivity contribution in [2.75, 3.05) is 12.3 Å². The van der Waals surface area contributed by atoms with Gasteiger partial charge in [0.25, 0.3) is 0 Å². The maximum Gasteiger partial charge on any atom is 0.114 e. The summed E-state index contributed by atoms with van der Waals surface area (Å²) in [4.78, 5) is 0. The van der Waals surface area contributed by atoms with Gasteiger partial charge in [0.2, 0.25) is 0 Å². The van der Waals surface area contributed by atoms with Gasteiger partial charge in [-0.1, -0.05) is 0 Å². The first-order chi connectivity index (χ1) is 3.83. The molecule has 1 aliphatic rings. The average Bonchev–Trinajstić information content (AvgIpc) is 2.14. The number of hydrogen-bond acceptors (Lipinski definition) is 2. The lowest BCUT2D eigenvalue weighted by atomic mass is 10.2. The molecule has 0 radical (unpaired) electrons. The molecule has 2 atom stereocenters. The summed E-state index contributed by atoms with van der Waals surface area (Å²) in [6.07, 6.45) is 0.0101. The van der Waals surface area contributed by atoms with Crippen LogP contribution in [0.25, 0.3) is 0 Å². The number of hydrogen-bond donors (Lipinski definition) is 2. The van der Waals surface area contributed by atoms with Crippen molar-refractivity contribution >= 4 is 12.6 Å². The van der Waals surface area contributed by atoms with E-state index in [0.29, 0.717) is 19.0 Å². The van der Waals surface area contributed by atoms with E-state index < -0.39 is 6.17 Å². The maximum absolute atomic E-state index is 12.3. The second kappa shape index (κ2) is 2.69. The highest BCUT2D eigenvalue weighted by Crippen LogP contribution is 2.09. The zero-order valence-electron chi connectivity index (χ0n) is 4.60. The van der Waals surface area contributed by atoms with Crippen molar-refractivity contribution in [2.45, 2.75) is 18.6 Å². The van der Waals surface area contributed by atoms with E-state index >= 15 is 0 Å². The smallest absolute Gasteiger partial charge is 0.114 e. The monoisotopic (exact) mass is 135 g/mol. The van der Waals surface area contributed by atoms with Gasteiger partial charge in [0.05, 0.1) is 0 Å². The number of thiol groups is 1. The Morgan fingerprint density at radius 2 is 2.50 bits per heavy atom. The zero-order chi connectivity index (χ0) is 5.98. The van der Waals surface area contributed by atoms with Crippen molar-refractivity contribution in [3.8, 4) is 0 Å². The first-order valence-electron chi connectivity index (χ1n) is 2.81. The number of alkyl halides is 1. The lowest BCUT2D eigenvalue weighted by Crippen LogP contribution is -2.22. The molecule has 1 saturated heterocycles. The average molecular weight is 135 g/mol. The molecule has 1 fully saturated rings. The van der Waals surface area contributed by atoms with Crippen molar-refractivity contribution in [1.82, 2.24) is 5.32 Å². The summed E-state index contributed by atoms with van der Waals surface area (Å²) in [7, 11) is 0. The Bertz CT molecular complexity index is 78.8. The molecule has 0 aromatic heterocycles. The molecule has 2 unspecified atom stereocenters. The van der Waals surface area contributed by atoms with E-state index in [9.17, 15) is 4.39 Å². The van der Waals surface area contributed by atoms with Crippen LogP contribution >= 0.6 is 12.6 Å². The van der Waals surface area contributed by atoms with Gasteiger partial charge in [0.15, 0.2) is 0 Å². The lowest BCUT2D eigenvalue weighted by Gasteiger charge is -2.01. The Morgan fingerprint density at radius 3 is 2.75 bits per heavy atom. The Hall–Kier alpha value is 0.240. The molecule has 1 rings (SSSR count). The summed E-state index contributed by atoms with van der Waals surface area (Å²) >= 11 is 4.03. The van der Waals surface area contributed by atoms with Crippen LogP contribution in [0.5, 0.6) is 0 Å². The van der Waals surface area contributed by atoms with Crippen LogP contribution in [0.2, 0.25) is 0 Å². The van der Waals surface area contributed by atoms with Crippen LogP contribution < -0.4 is 5.32 Å². The van der Waals surface area contributed by atoms with Crippen molar-refractivity contribution in [2.24, 2.45) is 0 Å². The third-order valence-corrected chi connectivity index (χ3v) is 1.83. The topological polar surface area (TPSA) is 12.0 Å². The van der Waals surface area contributed by atoms with Gasteiger partial charge in [-0.2, -0.15) is 12.6 Å². The van der Waals surface area contributed by atoms with Gasteiger partial charge in [-0.15, -0.1) is 0 Å². The van der Waals surface area contributed by atoms with Crippen LogP contribution in [0, 0.1) is 0 Å². The molecule has 0 amide bonds. The molecule has 1 heterocycles. The Kier molecular flexibility index (Phi) is 2.14. The highest BCUT2D eigenvalue weighted by Gasteiger charge is 2.21. The van der Waals surface area contributed by atoms with Crippen LogP contribution in [-0.2, 0) is 0 Å². The first kappa shape index (κ1) is 6.36. The minimum atomic E-state index is -0.632. The Balaban J connectivity index is 2.22. The molecule has 0 spiro atoms. The molecular formula is C5H10FNS. The fraction of sp³-hybridized carbons (Fsp3) is 1.00.